The molecule has 0 aliphatic heterocycles. The van der Waals surface area contributed by atoms with Crippen molar-refractivity contribution in [1.82, 2.24) is 5.32 Å². The molecule has 18 heavy (non-hydrogen) atoms. The molecule has 0 spiro atoms. The summed E-state index contributed by atoms with van der Waals surface area (Å²) in [4.78, 5) is 22.2. The number of rotatable bonds is 5. The molecule has 1 rings (SSSR count). The molecule has 1 amide bonds. The molecular formula is C13H17NO4. The minimum Gasteiger partial charge on any atom is -0.484 e. The van der Waals surface area contributed by atoms with Gasteiger partial charge in [0.2, 0.25) is 0 Å². The second-order valence-electron chi connectivity index (χ2n) is 3.91. The van der Waals surface area contributed by atoms with Gasteiger partial charge in [0, 0.05) is 0 Å². The number of nitrogens with one attached hydrogen (secondary N) is 1. The highest BCUT2D eigenvalue weighted by molar-refractivity contribution is 5.82. The van der Waals surface area contributed by atoms with Gasteiger partial charge in [-0.3, -0.25) is 9.59 Å². The number of benzene rings is 1. The zero-order valence-electron chi connectivity index (χ0n) is 10.8. The largest absolute Gasteiger partial charge is 0.484 e. The van der Waals surface area contributed by atoms with Crippen LogP contribution in [0.5, 0.6) is 5.75 Å². The average molecular weight is 251 g/mol. The highest BCUT2D eigenvalue weighted by Gasteiger charge is 2.07. The first kappa shape index (κ1) is 14.0. The molecule has 0 aliphatic rings. The maximum absolute atomic E-state index is 11.4. The van der Waals surface area contributed by atoms with Crippen LogP contribution in [0.3, 0.4) is 0 Å². The number of aryl methyl sites for hydroxylation is 2. The monoisotopic (exact) mass is 251 g/mol. The van der Waals surface area contributed by atoms with Gasteiger partial charge in [0.25, 0.3) is 5.91 Å². The van der Waals surface area contributed by atoms with Gasteiger partial charge in [-0.2, -0.15) is 0 Å². The Bertz CT molecular complexity index is 443. The molecule has 0 aliphatic carbocycles. The summed E-state index contributed by atoms with van der Waals surface area (Å²) in [6, 6.07) is 5.70. The van der Waals surface area contributed by atoms with E-state index in [1.165, 1.54) is 7.11 Å². The Morgan fingerprint density at radius 2 is 2.00 bits per heavy atom. The quantitative estimate of drug-likeness (QED) is 0.792. The van der Waals surface area contributed by atoms with Crippen LogP contribution in [0.4, 0.5) is 0 Å². The number of hydrogen-bond acceptors (Lipinski definition) is 4. The van der Waals surface area contributed by atoms with Crippen molar-refractivity contribution in [3.8, 4) is 5.75 Å². The van der Waals surface area contributed by atoms with Gasteiger partial charge in [-0.15, -0.1) is 0 Å². The van der Waals surface area contributed by atoms with E-state index >= 15 is 0 Å². The van der Waals surface area contributed by atoms with Gasteiger partial charge in [0.1, 0.15) is 12.3 Å². The molecule has 0 bridgehead atoms. The first-order valence-corrected chi connectivity index (χ1v) is 5.56. The average Bonchev–Trinajstić information content (AvgIpc) is 2.34. The Morgan fingerprint density at radius 3 is 2.61 bits per heavy atom. The van der Waals surface area contributed by atoms with Crippen LogP contribution in [0.1, 0.15) is 11.1 Å². The van der Waals surface area contributed by atoms with Crippen molar-refractivity contribution in [1.29, 1.82) is 0 Å². The molecule has 0 radical (unpaired) electrons. The van der Waals surface area contributed by atoms with Crippen LogP contribution < -0.4 is 10.1 Å². The summed E-state index contributed by atoms with van der Waals surface area (Å²) in [6.45, 7) is 3.63. The van der Waals surface area contributed by atoms with Crippen molar-refractivity contribution < 1.29 is 19.1 Å². The summed E-state index contributed by atoms with van der Waals surface area (Å²) in [5.74, 6) is -0.191. The van der Waals surface area contributed by atoms with E-state index in [0.717, 1.165) is 11.1 Å². The second kappa shape index (κ2) is 6.64. The first-order chi connectivity index (χ1) is 8.52. The molecule has 0 saturated heterocycles. The molecule has 98 valence electrons. The fraction of sp³-hybridized carbons (Fsp3) is 0.385. The number of hydrogen-bond donors (Lipinski definition) is 1. The number of carbonyl (C=O) groups excluding carboxylic acids is 2. The van der Waals surface area contributed by atoms with Crippen LogP contribution in [0.25, 0.3) is 0 Å². The topological polar surface area (TPSA) is 64.6 Å². The van der Waals surface area contributed by atoms with Crippen LogP contribution >= 0.6 is 0 Å². The van der Waals surface area contributed by atoms with Crippen molar-refractivity contribution in [2.24, 2.45) is 0 Å². The Morgan fingerprint density at radius 1 is 1.28 bits per heavy atom. The molecule has 0 fully saturated rings. The van der Waals surface area contributed by atoms with Crippen molar-refractivity contribution in [2.75, 3.05) is 20.3 Å². The summed E-state index contributed by atoms with van der Waals surface area (Å²) in [7, 11) is 1.26. The third-order valence-corrected chi connectivity index (χ3v) is 2.35. The summed E-state index contributed by atoms with van der Waals surface area (Å²) < 4.78 is 9.76. The van der Waals surface area contributed by atoms with E-state index in [4.69, 9.17) is 4.74 Å². The van der Waals surface area contributed by atoms with Gasteiger partial charge >= 0.3 is 5.97 Å². The Hall–Kier alpha value is -2.04. The number of esters is 1. The van der Waals surface area contributed by atoms with Crippen LogP contribution in [-0.2, 0) is 14.3 Å². The van der Waals surface area contributed by atoms with Crippen molar-refractivity contribution in [3.63, 3.8) is 0 Å². The third kappa shape index (κ3) is 4.45. The first-order valence-electron chi connectivity index (χ1n) is 5.56. The Balaban J connectivity index is 2.40. The van der Waals surface area contributed by atoms with E-state index in [1.54, 1.807) is 0 Å². The van der Waals surface area contributed by atoms with Gasteiger partial charge in [-0.05, 0) is 25.5 Å². The predicted molar refractivity (Wildman–Crippen MR) is 66.4 cm³/mol. The van der Waals surface area contributed by atoms with Crippen LogP contribution in [0, 0.1) is 13.8 Å². The van der Waals surface area contributed by atoms with Crippen molar-refractivity contribution >= 4 is 11.9 Å². The zero-order valence-corrected chi connectivity index (χ0v) is 10.8. The lowest BCUT2D eigenvalue weighted by Crippen LogP contribution is -2.33. The summed E-state index contributed by atoms with van der Waals surface area (Å²) in [5, 5.41) is 2.40. The maximum Gasteiger partial charge on any atom is 0.325 e. The number of methoxy groups -OCH3 is 1. The van der Waals surface area contributed by atoms with Crippen LogP contribution in [0.2, 0.25) is 0 Å². The van der Waals surface area contributed by atoms with E-state index in [9.17, 15) is 9.59 Å². The fourth-order valence-electron chi connectivity index (χ4n) is 1.40. The minimum atomic E-state index is -0.491. The van der Waals surface area contributed by atoms with Gasteiger partial charge < -0.3 is 14.8 Å². The Kier molecular flexibility index (Phi) is 5.17. The second-order valence-corrected chi connectivity index (χ2v) is 3.91. The SMILES string of the molecule is COC(=O)CNC(=O)COc1ccc(C)cc1C. The lowest BCUT2D eigenvalue weighted by molar-refractivity contribution is -0.141. The molecule has 1 aromatic carbocycles. The van der Waals surface area contributed by atoms with Crippen molar-refractivity contribution in [2.45, 2.75) is 13.8 Å². The van der Waals surface area contributed by atoms with E-state index in [1.807, 2.05) is 32.0 Å². The molecule has 5 nitrogen and oxygen atoms in total. The number of ether oxygens (including phenoxy) is 2. The van der Waals surface area contributed by atoms with E-state index < -0.39 is 5.97 Å². The molecular weight excluding hydrogens is 234 g/mol. The van der Waals surface area contributed by atoms with Crippen molar-refractivity contribution in [3.05, 3.63) is 29.3 Å². The highest BCUT2D eigenvalue weighted by atomic mass is 16.5. The minimum absolute atomic E-state index is 0.124. The molecule has 0 aromatic heterocycles. The fourth-order valence-corrected chi connectivity index (χ4v) is 1.40. The van der Waals surface area contributed by atoms with E-state index in [-0.39, 0.29) is 19.1 Å². The maximum atomic E-state index is 11.4. The zero-order chi connectivity index (χ0) is 13.5. The molecule has 1 aromatic rings. The summed E-state index contributed by atoms with van der Waals surface area (Å²) in [5.41, 5.74) is 2.10. The number of carbonyl (C=O) groups is 2. The molecule has 5 heteroatoms. The van der Waals surface area contributed by atoms with Gasteiger partial charge in [0.05, 0.1) is 7.11 Å². The van der Waals surface area contributed by atoms with Crippen LogP contribution in [-0.4, -0.2) is 32.1 Å². The third-order valence-electron chi connectivity index (χ3n) is 2.35. The standard InChI is InChI=1S/C13H17NO4/c1-9-4-5-11(10(2)6-9)18-8-12(15)14-7-13(16)17-3/h4-6H,7-8H2,1-3H3,(H,14,15). The molecule has 0 heterocycles. The Labute approximate surface area is 106 Å². The van der Waals surface area contributed by atoms with Gasteiger partial charge in [0.15, 0.2) is 6.61 Å². The molecule has 0 unspecified atom stereocenters. The van der Waals surface area contributed by atoms with E-state index in [0.29, 0.717) is 5.75 Å². The smallest absolute Gasteiger partial charge is 0.325 e. The lowest BCUT2D eigenvalue weighted by atomic mass is 10.1. The summed E-state index contributed by atoms with van der Waals surface area (Å²) in [6.07, 6.45) is 0. The summed E-state index contributed by atoms with van der Waals surface area (Å²) >= 11 is 0. The van der Waals surface area contributed by atoms with Gasteiger partial charge in [-0.25, -0.2) is 0 Å². The van der Waals surface area contributed by atoms with Crippen LogP contribution in [0.15, 0.2) is 18.2 Å². The molecule has 0 saturated carbocycles. The number of amides is 1. The van der Waals surface area contributed by atoms with Gasteiger partial charge in [-0.1, -0.05) is 17.7 Å². The highest BCUT2D eigenvalue weighted by Crippen LogP contribution is 2.18. The molecule has 1 N–H and O–H groups in total. The predicted octanol–water partition coefficient (Wildman–Crippen LogP) is 0.971. The normalized spacial score (nSPS) is 9.72. The molecule has 0 atom stereocenters. The lowest BCUT2D eigenvalue weighted by Gasteiger charge is -2.09. The van der Waals surface area contributed by atoms with E-state index in [2.05, 4.69) is 10.1 Å².